The number of ether oxygens (including phenoxy) is 1. The molecule has 0 spiro atoms. The Kier molecular flexibility index (Phi) is 4.15. The van der Waals surface area contributed by atoms with Gasteiger partial charge < -0.3 is 14.7 Å². The molecular formula is C18H16N2O3. The first-order valence-corrected chi connectivity index (χ1v) is 7.36. The Hall–Kier alpha value is -3.00. The van der Waals surface area contributed by atoms with Gasteiger partial charge in [-0.2, -0.15) is 5.26 Å². The van der Waals surface area contributed by atoms with Crippen molar-refractivity contribution in [3.63, 3.8) is 0 Å². The minimum atomic E-state index is -0.0175. The lowest BCUT2D eigenvalue weighted by atomic mass is 10.1. The van der Waals surface area contributed by atoms with Crippen molar-refractivity contribution in [2.24, 2.45) is 0 Å². The van der Waals surface area contributed by atoms with Gasteiger partial charge in [-0.15, -0.1) is 0 Å². The number of rotatable bonds is 4. The van der Waals surface area contributed by atoms with Crippen LogP contribution in [0.2, 0.25) is 0 Å². The molecule has 1 fully saturated rings. The predicted octanol–water partition coefficient (Wildman–Crippen LogP) is 2.10. The van der Waals surface area contributed by atoms with Gasteiger partial charge in [0.1, 0.15) is 17.6 Å². The number of aromatic hydroxyl groups is 1. The molecule has 0 unspecified atom stereocenters. The number of carbonyl (C=O) groups excluding carboxylic acids is 1. The summed E-state index contributed by atoms with van der Waals surface area (Å²) in [6.45, 7) is 1.11. The molecule has 0 aliphatic carbocycles. The number of nitrogens with zero attached hydrogens (tertiary/aromatic N) is 2. The molecular weight excluding hydrogens is 292 g/mol. The Labute approximate surface area is 134 Å². The first-order chi connectivity index (χ1) is 11.1. The predicted molar refractivity (Wildman–Crippen MR) is 84.0 cm³/mol. The number of amides is 1. The van der Waals surface area contributed by atoms with E-state index in [-0.39, 0.29) is 24.2 Å². The third-order valence-corrected chi connectivity index (χ3v) is 3.75. The highest BCUT2D eigenvalue weighted by Crippen LogP contribution is 2.20. The first-order valence-electron chi connectivity index (χ1n) is 7.36. The van der Waals surface area contributed by atoms with Crippen molar-refractivity contribution >= 4 is 5.91 Å². The van der Waals surface area contributed by atoms with Gasteiger partial charge in [-0.05, 0) is 42.0 Å². The van der Waals surface area contributed by atoms with Crippen molar-refractivity contribution in [3.8, 4) is 17.6 Å². The summed E-state index contributed by atoms with van der Waals surface area (Å²) in [7, 11) is 0. The van der Waals surface area contributed by atoms with Crippen LogP contribution in [0.1, 0.15) is 11.1 Å². The van der Waals surface area contributed by atoms with E-state index >= 15 is 0 Å². The lowest BCUT2D eigenvalue weighted by Crippen LogP contribution is -2.56. The molecule has 1 amide bonds. The maximum absolute atomic E-state index is 12.1. The molecule has 1 N–H and O–H groups in total. The average molecular weight is 308 g/mol. The van der Waals surface area contributed by atoms with Crippen LogP contribution in [-0.2, 0) is 11.2 Å². The number of carbonyl (C=O) groups is 1. The van der Waals surface area contributed by atoms with Crippen molar-refractivity contribution in [3.05, 3.63) is 59.7 Å². The van der Waals surface area contributed by atoms with Gasteiger partial charge in [0, 0.05) is 0 Å². The van der Waals surface area contributed by atoms with E-state index in [4.69, 9.17) is 10.00 Å². The summed E-state index contributed by atoms with van der Waals surface area (Å²) in [6.07, 6.45) is 0.258. The summed E-state index contributed by atoms with van der Waals surface area (Å²) >= 11 is 0. The van der Waals surface area contributed by atoms with Gasteiger partial charge in [-0.3, -0.25) is 4.79 Å². The summed E-state index contributed by atoms with van der Waals surface area (Å²) in [6, 6.07) is 15.7. The van der Waals surface area contributed by atoms with E-state index in [1.54, 1.807) is 47.4 Å². The SMILES string of the molecule is N#Cc1ccc(OC2CN(C(=O)Cc3cccc(O)c3)C2)cc1. The lowest BCUT2D eigenvalue weighted by Gasteiger charge is -2.39. The molecule has 2 aromatic rings. The standard InChI is InChI=1S/C18H16N2O3/c19-10-13-4-6-16(7-5-13)23-17-11-20(12-17)18(22)9-14-2-1-3-15(21)8-14/h1-8,17,21H,9,11-12H2. The first kappa shape index (κ1) is 14.9. The molecule has 23 heavy (non-hydrogen) atoms. The van der Waals surface area contributed by atoms with Crippen molar-refractivity contribution in [1.82, 2.24) is 4.90 Å². The van der Waals surface area contributed by atoms with Crippen LogP contribution in [0.5, 0.6) is 11.5 Å². The normalized spacial score (nSPS) is 14.0. The summed E-state index contributed by atoms with van der Waals surface area (Å²) in [5.41, 5.74) is 1.39. The summed E-state index contributed by atoms with van der Waals surface area (Å²) in [4.78, 5) is 13.9. The number of likely N-dealkylation sites (tertiary alicyclic amines) is 1. The van der Waals surface area contributed by atoms with E-state index in [0.717, 1.165) is 5.56 Å². The molecule has 116 valence electrons. The molecule has 0 saturated carbocycles. The van der Waals surface area contributed by atoms with Gasteiger partial charge in [0.25, 0.3) is 0 Å². The topological polar surface area (TPSA) is 73.6 Å². The molecule has 0 atom stereocenters. The Balaban J connectivity index is 1.48. The van der Waals surface area contributed by atoms with E-state index in [9.17, 15) is 9.90 Å². The zero-order valence-corrected chi connectivity index (χ0v) is 12.5. The molecule has 1 aliphatic rings. The van der Waals surface area contributed by atoms with Gasteiger partial charge in [0.2, 0.25) is 5.91 Å². The fourth-order valence-electron chi connectivity index (χ4n) is 2.47. The number of hydrogen-bond donors (Lipinski definition) is 1. The maximum Gasteiger partial charge on any atom is 0.227 e. The number of phenolic OH excluding ortho intramolecular Hbond substituents is 1. The van der Waals surface area contributed by atoms with Gasteiger partial charge in [-0.1, -0.05) is 12.1 Å². The van der Waals surface area contributed by atoms with Crippen LogP contribution in [-0.4, -0.2) is 35.1 Å². The van der Waals surface area contributed by atoms with Crippen molar-refractivity contribution < 1.29 is 14.6 Å². The van der Waals surface area contributed by atoms with Crippen LogP contribution in [0, 0.1) is 11.3 Å². The van der Waals surface area contributed by atoms with Gasteiger partial charge in [0.05, 0.1) is 31.1 Å². The molecule has 0 bridgehead atoms. The smallest absolute Gasteiger partial charge is 0.227 e. The number of phenols is 1. The molecule has 1 heterocycles. The molecule has 2 aromatic carbocycles. The Morgan fingerprint density at radius 1 is 1.26 bits per heavy atom. The molecule has 0 aromatic heterocycles. The van der Waals surface area contributed by atoms with E-state index < -0.39 is 0 Å². The van der Waals surface area contributed by atoms with Crippen molar-refractivity contribution in [1.29, 1.82) is 5.26 Å². The largest absolute Gasteiger partial charge is 0.508 e. The highest BCUT2D eigenvalue weighted by atomic mass is 16.5. The monoisotopic (exact) mass is 308 g/mol. The van der Waals surface area contributed by atoms with E-state index in [2.05, 4.69) is 6.07 Å². The van der Waals surface area contributed by atoms with Crippen LogP contribution in [0.25, 0.3) is 0 Å². The number of nitriles is 1. The van der Waals surface area contributed by atoms with Crippen LogP contribution >= 0.6 is 0 Å². The molecule has 1 aliphatic heterocycles. The highest BCUT2D eigenvalue weighted by Gasteiger charge is 2.32. The second-order valence-electron chi connectivity index (χ2n) is 5.52. The van der Waals surface area contributed by atoms with Crippen LogP contribution < -0.4 is 4.74 Å². The zero-order chi connectivity index (χ0) is 16.2. The summed E-state index contributed by atoms with van der Waals surface area (Å²) in [5.74, 6) is 0.894. The average Bonchev–Trinajstić information content (AvgIpc) is 2.51. The van der Waals surface area contributed by atoms with Gasteiger partial charge in [-0.25, -0.2) is 0 Å². The van der Waals surface area contributed by atoms with Crippen LogP contribution in [0.4, 0.5) is 0 Å². The fraction of sp³-hybridized carbons (Fsp3) is 0.222. The number of benzene rings is 2. The van der Waals surface area contributed by atoms with Crippen molar-refractivity contribution in [2.75, 3.05) is 13.1 Å². The van der Waals surface area contributed by atoms with Gasteiger partial charge in [0.15, 0.2) is 0 Å². The summed E-state index contributed by atoms with van der Waals surface area (Å²) in [5, 5.41) is 18.2. The fourth-order valence-corrected chi connectivity index (χ4v) is 2.47. The quantitative estimate of drug-likeness (QED) is 0.938. The molecule has 0 radical (unpaired) electrons. The zero-order valence-electron chi connectivity index (χ0n) is 12.5. The van der Waals surface area contributed by atoms with E-state index in [1.165, 1.54) is 0 Å². The Bertz CT molecular complexity index is 744. The maximum atomic E-state index is 12.1. The van der Waals surface area contributed by atoms with Crippen molar-refractivity contribution in [2.45, 2.75) is 12.5 Å². The summed E-state index contributed by atoms with van der Waals surface area (Å²) < 4.78 is 5.76. The highest BCUT2D eigenvalue weighted by molar-refractivity contribution is 5.79. The third-order valence-electron chi connectivity index (χ3n) is 3.75. The number of hydrogen-bond acceptors (Lipinski definition) is 4. The minimum absolute atomic E-state index is 0.0175. The molecule has 5 heteroatoms. The van der Waals surface area contributed by atoms with E-state index in [1.807, 2.05) is 6.07 Å². The van der Waals surface area contributed by atoms with E-state index in [0.29, 0.717) is 24.4 Å². The third kappa shape index (κ3) is 3.61. The van der Waals surface area contributed by atoms with Crippen LogP contribution in [0.3, 0.4) is 0 Å². The van der Waals surface area contributed by atoms with Crippen LogP contribution in [0.15, 0.2) is 48.5 Å². The molecule has 5 nitrogen and oxygen atoms in total. The Morgan fingerprint density at radius 3 is 2.65 bits per heavy atom. The molecule has 1 saturated heterocycles. The van der Waals surface area contributed by atoms with Gasteiger partial charge >= 0.3 is 0 Å². The lowest BCUT2D eigenvalue weighted by molar-refractivity contribution is -0.139. The Morgan fingerprint density at radius 2 is 2.00 bits per heavy atom. The minimum Gasteiger partial charge on any atom is -0.508 e. The second-order valence-corrected chi connectivity index (χ2v) is 5.52. The second kappa shape index (κ2) is 6.41. The molecule has 3 rings (SSSR count).